The van der Waals surface area contributed by atoms with Crippen molar-refractivity contribution < 1.29 is 10.2 Å². The van der Waals surface area contributed by atoms with E-state index in [4.69, 9.17) is 10.2 Å². The van der Waals surface area contributed by atoms with Gasteiger partial charge < -0.3 is 10.2 Å². The SMILES string of the molecule is OCCC/C=C\CC/C=C/CCCO. The molecule has 0 bridgehead atoms. The van der Waals surface area contributed by atoms with E-state index in [1.807, 2.05) is 0 Å². The Labute approximate surface area is 87.0 Å². The van der Waals surface area contributed by atoms with E-state index in [0.29, 0.717) is 0 Å². The molecule has 2 heteroatoms. The standard InChI is InChI=1S/C12H22O2/c13-11-9-7-5-3-1-2-4-6-8-10-12-14/h3-6,13-14H,1-2,7-12H2/b5-3-,6-4+. The molecule has 0 radical (unpaired) electrons. The Morgan fingerprint density at radius 3 is 1.29 bits per heavy atom. The van der Waals surface area contributed by atoms with Crippen molar-refractivity contribution >= 4 is 0 Å². The van der Waals surface area contributed by atoms with Gasteiger partial charge >= 0.3 is 0 Å². The molecule has 2 N–H and O–H groups in total. The van der Waals surface area contributed by atoms with Crippen molar-refractivity contribution in [3.8, 4) is 0 Å². The van der Waals surface area contributed by atoms with Crippen LogP contribution in [0.5, 0.6) is 0 Å². The second-order valence-electron chi connectivity index (χ2n) is 3.25. The third kappa shape index (κ3) is 11.4. The van der Waals surface area contributed by atoms with Crippen molar-refractivity contribution in [3.63, 3.8) is 0 Å². The van der Waals surface area contributed by atoms with Crippen LogP contribution in [-0.4, -0.2) is 23.4 Å². The highest BCUT2D eigenvalue weighted by Gasteiger charge is 1.81. The Morgan fingerprint density at radius 2 is 0.929 bits per heavy atom. The summed E-state index contributed by atoms with van der Waals surface area (Å²) in [5.41, 5.74) is 0. The van der Waals surface area contributed by atoms with Crippen LogP contribution in [0, 0.1) is 0 Å². The predicted octanol–water partition coefficient (Wildman–Crippen LogP) is 2.42. The lowest BCUT2D eigenvalue weighted by atomic mass is 10.2. The highest BCUT2D eigenvalue weighted by molar-refractivity contribution is 4.87. The summed E-state index contributed by atoms with van der Waals surface area (Å²) < 4.78 is 0. The summed E-state index contributed by atoms with van der Waals surface area (Å²) >= 11 is 0. The fourth-order valence-corrected chi connectivity index (χ4v) is 1.08. The lowest BCUT2D eigenvalue weighted by Crippen LogP contribution is -1.78. The van der Waals surface area contributed by atoms with Crippen LogP contribution in [-0.2, 0) is 0 Å². The summed E-state index contributed by atoms with van der Waals surface area (Å²) in [7, 11) is 0. The van der Waals surface area contributed by atoms with Gasteiger partial charge in [-0.3, -0.25) is 0 Å². The largest absolute Gasteiger partial charge is 0.396 e. The molecule has 0 aromatic rings. The number of rotatable bonds is 9. The Hall–Kier alpha value is -0.600. The Bertz CT molecular complexity index is 132. The summed E-state index contributed by atoms with van der Waals surface area (Å²) in [6.45, 7) is 0.566. The molecule has 0 saturated carbocycles. The molecule has 82 valence electrons. The third-order valence-electron chi connectivity index (χ3n) is 1.89. The van der Waals surface area contributed by atoms with Gasteiger partial charge in [0.2, 0.25) is 0 Å². The van der Waals surface area contributed by atoms with Gasteiger partial charge in [-0.25, -0.2) is 0 Å². The van der Waals surface area contributed by atoms with Crippen LogP contribution < -0.4 is 0 Å². The van der Waals surface area contributed by atoms with Gasteiger partial charge in [0.25, 0.3) is 0 Å². The molecule has 0 spiro atoms. The first-order valence-corrected chi connectivity index (χ1v) is 5.43. The van der Waals surface area contributed by atoms with Crippen LogP contribution in [0.2, 0.25) is 0 Å². The van der Waals surface area contributed by atoms with Gasteiger partial charge in [0.05, 0.1) is 0 Å². The molecule has 0 aromatic carbocycles. The molecule has 2 nitrogen and oxygen atoms in total. The van der Waals surface area contributed by atoms with Crippen molar-refractivity contribution in [3.05, 3.63) is 24.3 Å². The molecule has 0 saturated heterocycles. The molecular formula is C12H22O2. The van der Waals surface area contributed by atoms with Crippen LogP contribution in [0.1, 0.15) is 38.5 Å². The molecule has 0 unspecified atom stereocenters. The van der Waals surface area contributed by atoms with Crippen LogP contribution in [0.15, 0.2) is 24.3 Å². The molecule has 0 atom stereocenters. The molecule has 0 aliphatic rings. The zero-order valence-corrected chi connectivity index (χ0v) is 8.86. The molecule has 14 heavy (non-hydrogen) atoms. The van der Waals surface area contributed by atoms with Gasteiger partial charge in [-0.1, -0.05) is 24.3 Å². The minimum Gasteiger partial charge on any atom is -0.396 e. The summed E-state index contributed by atoms with van der Waals surface area (Å²) in [5.74, 6) is 0. The van der Waals surface area contributed by atoms with E-state index in [0.717, 1.165) is 38.5 Å². The van der Waals surface area contributed by atoms with Crippen molar-refractivity contribution in [2.75, 3.05) is 13.2 Å². The van der Waals surface area contributed by atoms with E-state index in [9.17, 15) is 0 Å². The summed E-state index contributed by atoms with van der Waals surface area (Å²) in [4.78, 5) is 0. The van der Waals surface area contributed by atoms with E-state index in [-0.39, 0.29) is 13.2 Å². The Kier molecular flexibility index (Phi) is 11.9. The highest BCUT2D eigenvalue weighted by Crippen LogP contribution is 1.98. The van der Waals surface area contributed by atoms with E-state index in [2.05, 4.69) is 24.3 Å². The second-order valence-corrected chi connectivity index (χ2v) is 3.25. The van der Waals surface area contributed by atoms with Gasteiger partial charge in [0.1, 0.15) is 0 Å². The first kappa shape index (κ1) is 13.4. The fourth-order valence-electron chi connectivity index (χ4n) is 1.08. The third-order valence-corrected chi connectivity index (χ3v) is 1.89. The van der Waals surface area contributed by atoms with Gasteiger partial charge in [-0.05, 0) is 38.5 Å². The van der Waals surface area contributed by atoms with Gasteiger partial charge in [-0.15, -0.1) is 0 Å². The average molecular weight is 198 g/mol. The summed E-state index contributed by atoms with van der Waals surface area (Å²) in [5, 5.41) is 17.0. The normalized spacial score (nSPS) is 11.9. The van der Waals surface area contributed by atoms with E-state index in [1.54, 1.807) is 0 Å². The molecule has 0 rings (SSSR count). The second kappa shape index (κ2) is 12.4. The maximum atomic E-state index is 8.52. The van der Waals surface area contributed by atoms with Crippen molar-refractivity contribution in [1.29, 1.82) is 0 Å². The molecule has 0 aromatic heterocycles. The van der Waals surface area contributed by atoms with E-state index in [1.165, 1.54) is 0 Å². The molecule has 0 amide bonds. The monoisotopic (exact) mass is 198 g/mol. The number of aliphatic hydroxyl groups excluding tert-OH is 2. The lowest BCUT2D eigenvalue weighted by Gasteiger charge is -1.90. The lowest BCUT2D eigenvalue weighted by molar-refractivity contribution is 0.289. The molecule has 0 heterocycles. The van der Waals surface area contributed by atoms with Crippen LogP contribution >= 0.6 is 0 Å². The number of allylic oxidation sites excluding steroid dienone is 4. The maximum absolute atomic E-state index is 8.52. The van der Waals surface area contributed by atoms with Crippen molar-refractivity contribution in [2.45, 2.75) is 38.5 Å². The average Bonchev–Trinajstić information content (AvgIpc) is 2.21. The number of unbranched alkanes of at least 4 members (excludes halogenated alkanes) is 3. The smallest absolute Gasteiger partial charge is 0.0433 e. The van der Waals surface area contributed by atoms with Gasteiger partial charge in [0, 0.05) is 13.2 Å². The first-order chi connectivity index (χ1) is 6.91. The topological polar surface area (TPSA) is 40.5 Å². The molecule has 0 fully saturated rings. The van der Waals surface area contributed by atoms with E-state index >= 15 is 0 Å². The van der Waals surface area contributed by atoms with Crippen molar-refractivity contribution in [1.82, 2.24) is 0 Å². The van der Waals surface area contributed by atoms with Gasteiger partial charge in [0.15, 0.2) is 0 Å². The molecule has 0 aliphatic heterocycles. The Balaban J connectivity index is 3.11. The van der Waals surface area contributed by atoms with E-state index < -0.39 is 0 Å². The quantitative estimate of drug-likeness (QED) is 0.441. The number of hydrogen-bond donors (Lipinski definition) is 2. The highest BCUT2D eigenvalue weighted by atomic mass is 16.3. The van der Waals surface area contributed by atoms with Crippen LogP contribution in [0.25, 0.3) is 0 Å². The van der Waals surface area contributed by atoms with Crippen LogP contribution in [0.3, 0.4) is 0 Å². The molecular weight excluding hydrogens is 176 g/mol. The summed E-state index contributed by atoms with van der Waals surface area (Å²) in [6.07, 6.45) is 14.4. The number of hydrogen-bond acceptors (Lipinski definition) is 2. The zero-order valence-electron chi connectivity index (χ0n) is 8.86. The summed E-state index contributed by atoms with van der Waals surface area (Å²) in [6, 6.07) is 0. The zero-order chi connectivity index (χ0) is 10.5. The predicted molar refractivity (Wildman–Crippen MR) is 60.2 cm³/mol. The van der Waals surface area contributed by atoms with Crippen LogP contribution in [0.4, 0.5) is 0 Å². The molecule has 0 aliphatic carbocycles. The fraction of sp³-hybridized carbons (Fsp3) is 0.667. The minimum absolute atomic E-state index is 0.283. The minimum atomic E-state index is 0.283. The Morgan fingerprint density at radius 1 is 0.571 bits per heavy atom. The van der Waals surface area contributed by atoms with Crippen molar-refractivity contribution in [2.24, 2.45) is 0 Å². The maximum Gasteiger partial charge on any atom is 0.0433 e. The number of aliphatic hydroxyl groups is 2. The first-order valence-electron chi connectivity index (χ1n) is 5.43. The van der Waals surface area contributed by atoms with Gasteiger partial charge in [-0.2, -0.15) is 0 Å².